The Labute approximate surface area is 528 Å². The Kier molecular flexibility index (Phi) is 110. The van der Waals surface area contributed by atoms with Crippen molar-refractivity contribution < 1.29 is 31.5 Å². The van der Waals surface area contributed by atoms with Gasteiger partial charge in [0.15, 0.2) is 0 Å². The first-order valence-electron chi connectivity index (χ1n) is 36.8. The Morgan fingerprint density at radius 1 is 0.148 bits per heavy atom. The van der Waals surface area contributed by atoms with Crippen molar-refractivity contribution in [2.24, 2.45) is 0 Å². The summed E-state index contributed by atoms with van der Waals surface area (Å²) in [5, 5.41) is 0. The fourth-order valence-corrected chi connectivity index (χ4v) is 17.0. The molecule has 3 nitrogen and oxygen atoms in total. The predicted octanol–water partition coefficient (Wildman–Crippen LogP) is 27.3. The molecule has 0 aromatic carbocycles. The minimum Gasteiger partial charge on any atom is -0.281 e. The van der Waals surface area contributed by atoms with Crippen molar-refractivity contribution in [1.29, 1.82) is 0 Å². The molecule has 0 N–H and O–H groups in total. The van der Waals surface area contributed by atoms with Crippen molar-refractivity contribution >= 4 is 36.2 Å². The standard InChI is InChI=1S/2C36H75P.3CO.Fe/c2*1-4-7-10-13-16-19-22-25-28-31-34-37(35-32-29-26-23-20-17-14-11-8-5-2)36-33-30-27-24-21-18-15-12-9-6-3;3*1-2;/h2*4-36H2,1-3H3;;;;. The Morgan fingerprint density at radius 3 is 0.309 bits per heavy atom. The molecule has 0 spiro atoms. The fraction of sp³-hybridized carbons (Fsp3) is 0.960. The largest absolute Gasteiger partial charge is 0.281 e. The van der Waals surface area contributed by atoms with E-state index in [9.17, 15) is 0 Å². The molecule has 0 heterocycles. The maximum absolute atomic E-state index is 7.50. The first kappa shape index (κ1) is 92.5. The molecule has 6 radical (unpaired) electrons. The monoisotopic (exact) mass is 1220 g/mol. The van der Waals surface area contributed by atoms with E-state index in [1.165, 1.54) is 385 Å². The summed E-state index contributed by atoms with van der Waals surface area (Å²) in [6, 6.07) is 0. The van der Waals surface area contributed by atoms with Crippen LogP contribution < -0.4 is 0 Å². The number of hydrogen-bond acceptors (Lipinski definition) is 3. The molecule has 0 aromatic rings. The van der Waals surface area contributed by atoms with Crippen LogP contribution in [0.4, 0.5) is 0 Å². The van der Waals surface area contributed by atoms with E-state index in [1.54, 1.807) is 37.0 Å². The summed E-state index contributed by atoms with van der Waals surface area (Å²) >= 11 is 0. The Hall–Kier alpha value is 0.389. The third-order valence-corrected chi connectivity index (χ3v) is 22.7. The molecule has 0 aromatic heterocycles. The molecule has 0 amide bonds. The summed E-state index contributed by atoms with van der Waals surface area (Å²) in [6.45, 7) is 27.4. The van der Waals surface area contributed by atoms with Crippen LogP contribution in [0, 0.1) is 0 Å². The first-order valence-corrected chi connectivity index (χ1v) is 40.5. The number of rotatable bonds is 66. The van der Waals surface area contributed by atoms with Crippen molar-refractivity contribution in [3.8, 4) is 0 Å². The first-order chi connectivity index (χ1) is 39.7. The van der Waals surface area contributed by atoms with Crippen LogP contribution in [-0.2, 0) is 31.5 Å². The maximum atomic E-state index is 7.50. The zero-order chi connectivity index (χ0) is 59.8. The van der Waals surface area contributed by atoms with Gasteiger partial charge in [0.05, 0.1) is 0 Å². The van der Waals surface area contributed by atoms with E-state index >= 15 is 0 Å². The third-order valence-electron chi connectivity index (χ3n) is 17.0. The summed E-state index contributed by atoms with van der Waals surface area (Å²) in [7, 11) is 0.671. The average Bonchev–Trinajstić information content (AvgIpc) is 3.49. The van der Waals surface area contributed by atoms with Gasteiger partial charge in [0.2, 0.25) is 0 Å². The SMILES string of the molecule is CCCCCCCCCCCCP(CCCCCCCCCCCC)CCCCCCCCCCCC.CCCCCCCCCCCCP(CCCCCCCCCCCC)CCCCCCCCCCCC.[C]=O.[C]=O.[C]=O.[Fe]. The van der Waals surface area contributed by atoms with E-state index in [0.29, 0.717) is 15.8 Å². The molecule has 486 valence electrons. The van der Waals surface area contributed by atoms with Crippen LogP contribution in [0.3, 0.4) is 0 Å². The zero-order valence-corrected chi connectivity index (χ0v) is 59.5. The van der Waals surface area contributed by atoms with Crippen LogP contribution in [-0.4, -0.2) is 57.3 Å². The molecular formula is C75H150FeO3P2. The van der Waals surface area contributed by atoms with Crippen molar-refractivity contribution in [3.63, 3.8) is 0 Å². The van der Waals surface area contributed by atoms with Gasteiger partial charge in [-0.25, -0.2) is 0 Å². The molecule has 0 saturated heterocycles. The van der Waals surface area contributed by atoms with Gasteiger partial charge in [-0.3, -0.25) is 14.4 Å². The third kappa shape index (κ3) is 94.3. The zero-order valence-electron chi connectivity index (χ0n) is 56.6. The molecule has 0 fully saturated rings. The van der Waals surface area contributed by atoms with E-state index in [0.717, 1.165) is 0 Å². The average molecular weight is 1220 g/mol. The molecule has 81 heavy (non-hydrogen) atoms. The minimum absolute atomic E-state index is 0. The van der Waals surface area contributed by atoms with Crippen LogP contribution in [0.1, 0.15) is 427 Å². The van der Waals surface area contributed by atoms with Gasteiger partial charge in [-0.05, 0) is 75.5 Å². The van der Waals surface area contributed by atoms with Crippen molar-refractivity contribution in [2.75, 3.05) is 37.0 Å². The predicted molar refractivity (Wildman–Crippen MR) is 371 cm³/mol. The Bertz CT molecular complexity index is 783. The number of unbranched alkanes of at least 4 members (excludes halogenated alkanes) is 54. The van der Waals surface area contributed by atoms with Crippen molar-refractivity contribution in [3.05, 3.63) is 0 Å². The molecule has 0 aliphatic rings. The quantitative estimate of drug-likeness (QED) is 0.0346. The fourth-order valence-electron chi connectivity index (χ4n) is 11.6. The second-order valence-corrected chi connectivity index (χ2v) is 30.1. The second kappa shape index (κ2) is 96.7. The van der Waals surface area contributed by atoms with Crippen LogP contribution in [0.2, 0.25) is 0 Å². The summed E-state index contributed by atoms with van der Waals surface area (Å²) in [4.78, 5) is 22.5. The van der Waals surface area contributed by atoms with Crippen LogP contribution in [0.5, 0.6) is 0 Å². The Balaban J connectivity index is -0.000000314. The van der Waals surface area contributed by atoms with E-state index in [1.807, 2.05) is 0 Å². The van der Waals surface area contributed by atoms with E-state index in [2.05, 4.69) is 61.9 Å². The molecule has 0 atom stereocenters. The second-order valence-electron chi connectivity index (χ2n) is 24.8. The van der Waals surface area contributed by atoms with Crippen molar-refractivity contribution in [1.82, 2.24) is 0 Å². The maximum Gasteiger partial charge on any atom is 0.281 e. The van der Waals surface area contributed by atoms with Gasteiger partial charge >= 0.3 is 0 Å². The van der Waals surface area contributed by atoms with Crippen molar-refractivity contribution in [2.45, 2.75) is 427 Å². The van der Waals surface area contributed by atoms with Crippen LogP contribution in [0.15, 0.2) is 0 Å². The van der Waals surface area contributed by atoms with Crippen LogP contribution in [0.25, 0.3) is 0 Å². The van der Waals surface area contributed by atoms with Gasteiger partial charge in [0, 0.05) is 17.1 Å². The molecule has 6 heteroatoms. The van der Waals surface area contributed by atoms with E-state index in [-0.39, 0.29) is 17.1 Å². The minimum atomic E-state index is 0. The molecule has 0 saturated carbocycles. The Morgan fingerprint density at radius 2 is 0.222 bits per heavy atom. The molecule has 0 aliphatic carbocycles. The summed E-state index contributed by atoms with van der Waals surface area (Å²) in [5.41, 5.74) is 0. The molecule has 0 aliphatic heterocycles. The van der Waals surface area contributed by atoms with Gasteiger partial charge in [0.1, 0.15) is 0 Å². The summed E-state index contributed by atoms with van der Waals surface area (Å²) < 4.78 is 0. The number of hydrogen-bond donors (Lipinski definition) is 0. The summed E-state index contributed by atoms with van der Waals surface area (Å²) in [5.74, 6) is 0. The summed E-state index contributed by atoms with van der Waals surface area (Å²) in [6.07, 6.45) is 98.5. The van der Waals surface area contributed by atoms with E-state index in [4.69, 9.17) is 14.4 Å². The van der Waals surface area contributed by atoms with E-state index < -0.39 is 0 Å². The van der Waals surface area contributed by atoms with Gasteiger partial charge in [0.25, 0.3) is 20.4 Å². The smallest absolute Gasteiger partial charge is 0.281 e. The van der Waals surface area contributed by atoms with Gasteiger partial charge < -0.3 is 0 Å². The molecule has 0 rings (SSSR count). The molecule has 0 bridgehead atoms. The molecule has 0 unspecified atom stereocenters. The van der Waals surface area contributed by atoms with Gasteiger partial charge in [-0.2, -0.15) is 0 Å². The normalized spacial score (nSPS) is 10.8. The topological polar surface area (TPSA) is 51.2 Å². The van der Waals surface area contributed by atoms with Gasteiger partial charge in [-0.1, -0.05) is 388 Å². The molecular weight excluding hydrogens is 1070 g/mol. The number of carbonyl (C=O) groups excluding carboxylic acids is 3. The van der Waals surface area contributed by atoms with Gasteiger partial charge in [-0.15, -0.1) is 15.8 Å². The van der Waals surface area contributed by atoms with Crippen LogP contribution >= 0.6 is 15.8 Å².